The summed E-state index contributed by atoms with van der Waals surface area (Å²) in [6, 6.07) is -1.47. The average molecular weight is 318 g/mol. The first-order valence-electron chi connectivity index (χ1n) is 7.49. The molecule has 1 saturated heterocycles. The normalized spacial score (nSPS) is 24.0. The van der Waals surface area contributed by atoms with Gasteiger partial charge in [-0.05, 0) is 12.8 Å². The van der Waals surface area contributed by atoms with E-state index in [1.165, 1.54) is 0 Å². The summed E-state index contributed by atoms with van der Waals surface area (Å²) >= 11 is 0. The van der Waals surface area contributed by atoms with Crippen LogP contribution in [0.2, 0.25) is 0 Å². The van der Waals surface area contributed by atoms with Crippen LogP contribution in [-0.4, -0.2) is 52.8 Å². The number of carbonyl (C=O) groups is 3. The molecule has 0 bridgehead atoms. The number of halogens is 2. The van der Waals surface area contributed by atoms with Gasteiger partial charge in [0.05, 0.1) is 5.92 Å². The van der Waals surface area contributed by atoms with E-state index in [1.54, 1.807) is 4.90 Å². The lowest BCUT2D eigenvalue weighted by atomic mass is 10.1. The molecule has 0 aromatic carbocycles. The predicted octanol–water partition coefficient (Wildman–Crippen LogP) is 1.00. The number of likely N-dealkylation sites (tertiary alicyclic amines) is 1. The molecule has 0 aromatic rings. The maximum atomic E-state index is 12.3. The molecular weight excluding hydrogens is 298 g/mol. The van der Waals surface area contributed by atoms with Crippen LogP contribution in [0.5, 0.6) is 0 Å². The Morgan fingerprint density at radius 2 is 1.95 bits per heavy atom. The molecule has 0 aromatic heterocycles. The number of carbonyl (C=O) groups excluding carboxylic acids is 2. The lowest BCUT2D eigenvalue weighted by Gasteiger charge is -2.24. The van der Waals surface area contributed by atoms with E-state index in [-0.39, 0.29) is 24.9 Å². The number of hydrogen-bond acceptors (Lipinski definition) is 3. The molecule has 1 saturated carbocycles. The smallest absolute Gasteiger partial charge is 0.326 e. The molecule has 2 aliphatic rings. The van der Waals surface area contributed by atoms with Crippen molar-refractivity contribution in [2.45, 2.75) is 57.0 Å². The molecule has 2 rings (SSSR count). The fourth-order valence-electron chi connectivity index (χ4n) is 3.17. The van der Waals surface area contributed by atoms with Crippen molar-refractivity contribution in [2.75, 3.05) is 6.54 Å². The van der Waals surface area contributed by atoms with Crippen LogP contribution in [0.25, 0.3) is 0 Å². The van der Waals surface area contributed by atoms with Crippen molar-refractivity contribution in [1.82, 2.24) is 10.2 Å². The van der Waals surface area contributed by atoms with Gasteiger partial charge in [0.25, 0.3) is 0 Å². The van der Waals surface area contributed by atoms with Gasteiger partial charge in [-0.1, -0.05) is 12.8 Å². The van der Waals surface area contributed by atoms with Crippen molar-refractivity contribution in [3.8, 4) is 0 Å². The Labute approximate surface area is 126 Å². The van der Waals surface area contributed by atoms with Crippen LogP contribution in [0.1, 0.15) is 38.5 Å². The molecule has 2 amide bonds. The molecule has 0 radical (unpaired) electrons. The maximum absolute atomic E-state index is 12.3. The number of carboxylic acid groups (broad SMARTS) is 1. The summed E-state index contributed by atoms with van der Waals surface area (Å²) in [7, 11) is 0. The largest absolute Gasteiger partial charge is 0.480 e. The van der Waals surface area contributed by atoms with E-state index in [0.29, 0.717) is 0 Å². The number of hydrogen-bond donors (Lipinski definition) is 2. The van der Waals surface area contributed by atoms with Crippen molar-refractivity contribution in [3.05, 3.63) is 0 Å². The monoisotopic (exact) mass is 318 g/mol. The van der Waals surface area contributed by atoms with Crippen LogP contribution in [-0.2, 0) is 14.4 Å². The van der Waals surface area contributed by atoms with E-state index in [1.807, 2.05) is 0 Å². The van der Waals surface area contributed by atoms with Gasteiger partial charge in [-0.25, -0.2) is 13.6 Å². The van der Waals surface area contributed by atoms with Gasteiger partial charge in [0.1, 0.15) is 6.04 Å². The molecule has 124 valence electrons. The fourth-order valence-corrected chi connectivity index (χ4v) is 3.17. The lowest BCUT2D eigenvalue weighted by molar-refractivity contribution is -0.143. The molecule has 0 spiro atoms. The minimum Gasteiger partial charge on any atom is -0.480 e. The zero-order valence-corrected chi connectivity index (χ0v) is 12.1. The van der Waals surface area contributed by atoms with Gasteiger partial charge in [0.15, 0.2) is 0 Å². The Morgan fingerprint density at radius 3 is 2.50 bits per heavy atom. The Hall–Kier alpha value is -1.73. The van der Waals surface area contributed by atoms with Gasteiger partial charge in [-0.15, -0.1) is 0 Å². The molecule has 2 unspecified atom stereocenters. The molecule has 8 heteroatoms. The number of amides is 2. The zero-order valence-electron chi connectivity index (χ0n) is 12.1. The summed E-state index contributed by atoms with van der Waals surface area (Å²) < 4.78 is 24.6. The quantitative estimate of drug-likeness (QED) is 0.765. The minimum absolute atomic E-state index is 0.0172. The van der Waals surface area contributed by atoms with Crippen LogP contribution in [0.4, 0.5) is 8.78 Å². The average Bonchev–Trinajstić information content (AvgIpc) is 3.05. The second kappa shape index (κ2) is 7.02. The lowest BCUT2D eigenvalue weighted by Crippen LogP contribution is -2.45. The van der Waals surface area contributed by atoms with Crippen LogP contribution in [0, 0.1) is 5.92 Å². The van der Waals surface area contributed by atoms with Crippen molar-refractivity contribution < 1.29 is 28.3 Å². The summed E-state index contributed by atoms with van der Waals surface area (Å²) in [5.41, 5.74) is 0. The first-order chi connectivity index (χ1) is 10.4. The van der Waals surface area contributed by atoms with Crippen LogP contribution < -0.4 is 5.32 Å². The number of nitrogens with zero attached hydrogens (tertiary/aromatic N) is 1. The summed E-state index contributed by atoms with van der Waals surface area (Å²) in [5, 5.41) is 11.0. The number of nitrogens with one attached hydrogen (secondary N) is 1. The van der Waals surface area contributed by atoms with Crippen LogP contribution >= 0.6 is 0 Å². The number of aliphatic carboxylic acids is 1. The Balaban J connectivity index is 1.92. The number of rotatable bonds is 6. The standard InChI is InChI=1S/C14H20F2N2O4/c15-11(16)6-10(14(21)22)17-13(20)8-5-12(19)18(7-8)9-3-1-2-4-9/h8-11H,1-7H2,(H,17,20)(H,21,22). The first-order valence-corrected chi connectivity index (χ1v) is 7.49. The van der Waals surface area contributed by atoms with E-state index in [2.05, 4.69) is 5.32 Å². The summed E-state index contributed by atoms with van der Waals surface area (Å²) in [5.74, 6) is -2.91. The fraction of sp³-hybridized carbons (Fsp3) is 0.786. The molecule has 2 atom stereocenters. The molecule has 1 aliphatic heterocycles. The van der Waals surface area contributed by atoms with Gasteiger partial charge in [-0.3, -0.25) is 9.59 Å². The third-order valence-corrected chi connectivity index (χ3v) is 4.32. The predicted molar refractivity (Wildman–Crippen MR) is 72.3 cm³/mol. The highest BCUT2D eigenvalue weighted by Crippen LogP contribution is 2.29. The summed E-state index contributed by atoms with van der Waals surface area (Å²) in [4.78, 5) is 36.6. The van der Waals surface area contributed by atoms with E-state index < -0.39 is 36.7 Å². The van der Waals surface area contributed by atoms with Crippen molar-refractivity contribution in [2.24, 2.45) is 5.92 Å². The van der Waals surface area contributed by atoms with E-state index in [4.69, 9.17) is 5.11 Å². The van der Waals surface area contributed by atoms with E-state index in [9.17, 15) is 23.2 Å². The second-order valence-electron chi connectivity index (χ2n) is 5.91. The highest BCUT2D eigenvalue weighted by Gasteiger charge is 2.39. The van der Waals surface area contributed by atoms with E-state index >= 15 is 0 Å². The molecular formula is C14H20F2N2O4. The number of alkyl halides is 2. The Kier molecular flexibility index (Phi) is 5.31. The molecule has 1 aliphatic carbocycles. The third-order valence-electron chi connectivity index (χ3n) is 4.32. The number of carboxylic acids is 1. The summed E-state index contributed by atoms with van der Waals surface area (Å²) in [6.45, 7) is 0.246. The van der Waals surface area contributed by atoms with Gasteiger partial charge in [0, 0.05) is 25.4 Å². The molecule has 6 nitrogen and oxygen atoms in total. The van der Waals surface area contributed by atoms with E-state index in [0.717, 1.165) is 25.7 Å². The Bertz CT molecular complexity index is 452. The van der Waals surface area contributed by atoms with Crippen LogP contribution in [0.3, 0.4) is 0 Å². The van der Waals surface area contributed by atoms with Gasteiger partial charge < -0.3 is 15.3 Å². The molecule has 22 heavy (non-hydrogen) atoms. The molecule has 1 heterocycles. The second-order valence-corrected chi connectivity index (χ2v) is 5.91. The SMILES string of the molecule is O=C(NC(CC(F)F)C(=O)O)C1CC(=O)N(C2CCCC2)C1. The highest BCUT2D eigenvalue weighted by atomic mass is 19.3. The van der Waals surface area contributed by atoms with Crippen molar-refractivity contribution in [3.63, 3.8) is 0 Å². The summed E-state index contributed by atoms with van der Waals surface area (Å²) in [6.07, 6.45) is 0.215. The highest BCUT2D eigenvalue weighted by molar-refractivity contribution is 5.91. The third kappa shape index (κ3) is 3.92. The van der Waals surface area contributed by atoms with Gasteiger partial charge in [0.2, 0.25) is 18.2 Å². The van der Waals surface area contributed by atoms with Crippen molar-refractivity contribution in [1.29, 1.82) is 0 Å². The Morgan fingerprint density at radius 1 is 1.32 bits per heavy atom. The molecule has 2 fully saturated rings. The minimum atomic E-state index is -2.82. The first kappa shape index (κ1) is 16.6. The van der Waals surface area contributed by atoms with Crippen molar-refractivity contribution >= 4 is 17.8 Å². The molecule has 2 N–H and O–H groups in total. The van der Waals surface area contributed by atoms with Gasteiger partial charge >= 0.3 is 5.97 Å². The topological polar surface area (TPSA) is 86.7 Å². The van der Waals surface area contributed by atoms with Crippen LogP contribution in [0.15, 0.2) is 0 Å². The zero-order chi connectivity index (χ0) is 16.3. The maximum Gasteiger partial charge on any atom is 0.326 e. The van der Waals surface area contributed by atoms with Gasteiger partial charge in [-0.2, -0.15) is 0 Å².